The van der Waals surface area contributed by atoms with Crippen LogP contribution in [0, 0.1) is 0 Å². The minimum Gasteiger partial charge on any atom is -0.151 e. The third-order valence-corrected chi connectivity index (χ3v) is 64.0. The summed E-state index contributed by atoms with van der Waals surface area (Å²) in [7, 11) is -1.89. The Morgan fingerprint density at radius 2 is 1.08 bits per heavy atom. The van der Waals surface area contributed by atoms with Gasteiger partial charge in [-0.3, -0.25) is 0 Å². The Labute approximate surface area is 92.9 Å². The summed E-state index contributed by atoms with van der Waals surface area (Å²) in [6.45, 7) is 15.4. The molecule has 0 atom stereocenters. The largest absolute Gasteiger partial charge is 0.166 e. The van der Waals surface area contributed by atoms with Crippen LogP contribution in [0.5, 0.6) is 0 Å². The van der Waals surface area contributed by atoms with Crippen molar-refractivity contribution in [3.63, 3.8) is 0 Å². The first-order valence-corrected chi connectivity index (χ1v) is 18.9. The van der Waals surface area contributed by atoms with E-state index < -0.39 is 20.6 Å². The van der Waals surface area contributed by atoms with E-state index in [2.05, 4.69) is 72.5 Å². The van der Waals surface area contributed by atoms with E-state index in [4.69, 9.17) is 0 Å². The quantitative estimate of drug-likeness (QED) is 0.685. The van der Waals surface area contributed by atoms with Gasteiger partial charge in [-0.2, -0.15) is 22.4 Å². The molecule has 0 spiro atoms. The monoisotopic (exact) mass is 264 g/mol. The van der Waals surface area contributed by atoms with Gasteiger partial charge in [0.1, 0.15) is 0 Å². The van der Waals surface area contributed by atoms with E-state index in [1.807, 2.05) is 0 Å². The molecule has 1 aliphatic rings. The Bertz CT molecular complexity index is 201. The first kappa shape index (κ1) is 12.2. The molecular weight excluding hydrogens is 244 g/mol. The van der Waals surface area contributed by atoms with Gasteiger partial charge in [0.2, 0.25) is 0 Å². The van der Waals surface area contributed by atoms with Crippen LogP contribution in [0.15, 0.2) is 10.8 Å². The first-order valence-electron chi connectivity index (χ1n) is 4.71. The molecule has 1 rings (SSSR count). The first-order chi connectivity index (χ1) is 5.71. The molecule has 0 radical (unpaired) electrons. The van der Waals surface area contributed by atoms with Crippen LogP contribution in [-0.2, 0) is 0 Å². The Kier molecular flexibility index (Phi) is 3.36. The van der Waals surface area contributed by atoms with Gasteiger partial charge in [-0.15, -0.1) is 0 Å². The van der Waals surface area contributed by atoms with Crippen molar-refractivity contribution in [2.24, 2.45) is 0 Å². The summed E-state index contributed by atoms with van der Waals surface area (Å²) in [4.78, 5) is 0. The Morgan fingerprint density at radius 3 is 1.23 bits per heavy atom. The normalized spacial score (nSPS) is 22.3. The van der Waals surface area contributed by atoms with Crippen LogP contribution < -0.4 is 0 Å². The molecule has 0 fully saturated rings. The zero-order valence-electron chi connectivity index (χ0n) is 9.47. The van der Waals surface area contributed by atoms with E-state index >= 15 is 0 Å². The number of hydrogen-bond acceptors (Lipinski definition) is 2. The average Bonchev–Trinajstić information content (AvgIpc) is 2.28. The number of rotatable bonds is 2. The van der Waals surface area contributed by atoms with E-state index in [-0.39, 0.29) is 0 Å². The molecule has 5 heteroatoms. The molecule has 0 saturated heterocycles. The molecule has 0 N–H and O–H groups in total. The van der Waals surface area contributed by atoms with Crippen molar-refractivity contribution >= 4 is 43.0 Å². The zero-order chi connectivity index (χ0) is 10.3. The van der Waals surface area contributed by atoms with Crippen LogP contribution in [-0.4, -0.2) is 20.6 Å². The molecule has 1 aliphatic heterocycles. The van der Waals surface area contributed by atoms with Crippen LogP contribution >= 0.6 is 22.4 Å². The Morgan fingerprint density at radius 1 is 0.769 bits per heavy atom. The van der Waals surface area contributed by atoms with Crippen molar-refractivity contribution in [3.8, 4) is 0 Å². The van der Waals surface area contributed by atoms with Gasteiger partial charge in [-0.05, 0) is 10.8 Å². The molecule has 0 bridgehead atoms. The van der Waals surface area contributed by atoms with Crippen molar-refractivity contribution in [1.29, 1.82) is 0 Å². The summed E-state index contributed by atoms with van der Waals surface area (Å²) in [5.41, 5.74) is 0. The molecule has 0 aromatic rings. The molecule has 0 unspecified atom stereocenters. The maximum Gasteiger partial charge on any atom is 0.166 e. The van der Waals surface area contributed by atoms with Crippen molar-refractivity contribution < 1.29 is 0 Å². The highest BCUT2D eigenvalue weighted by molar-refractivity contribution is 8.74. The van der Waals surface area contributed by atoms with E-state index in [0.717, 1.165) is 0 Å². The predicted molar refractivity (Wildman–Crippen MR) is 76.8 cm³/mol. The van der Waals surface area contributed by atoms with Gasteiger partial charge >= 0.3 is 0 Å². The highest BCUT2D eigenvalue weighted by Crippen LogP contribution is 2.51. The summed E-state index contributed by atoms with van der Waals surface area (Å²) >= 11 is 4.50. The average molecular weight is 265 g/mol. The Balaban J connectivity index is 3.04. The Hall–Kier alpha value is 1.09. The van der Waals surface area contributed by atoms with Crippen molar-refractivity contribution in [3.05, 3.63) is 10.8 Å². The van der Waals surface area contributed by atoms with Crippen LogP contribution in [0.4, 0.5) is 0 Å². The molecule has 0 aromatic carbocycles. The molecule has 0 saturated carbocycles. The highest BCUT2D eigenvalue weighted by atomic mass is 32.6. The van der Waals surface area contributed by atoms with E-state index in [0.29, 0.717) is 0 Å². The van der Waals surface area contributed by atoms with E-state index in [1.54, 1.807) is 0 Å². The minimum atomic E-state index is -1.04. The lowest BCUT2D eigenvalue weighted by atomic mass is 11.3. The molecule has 0 aliphatic carbocycles. The molecule has 76 valence electrons. The summed E-state index contributed by atoms with van der Waals surface area (Å²) < 4.78 is 0. The SMILES string of the molecule is C[Si](C)(C)[Si]1([Si](C)(C)C)SC=CS1. The van der Waals surface area contributed by atoms with E-state index in [9.17, 15) is 0 Å². The van der Waals surface area contributed by atoms with Gasteiger partial charge in [-0.1, -0.05) is 39.3 Å². The maximum absolute atomic E-state index is 2.57. The van der Waals surface area contributed by atoms with Crippen LogP contribution in [0.3, 0.4) is 0 Å². The fourth-order valence-electron chi connectivity index (χ4n) is 2.11. The second-order valence-corrected chi connectivity index (χ2v) is 42.1. The molecule has 0 nitrogen and oxygen atoms in total. The lowest BCUT2D eigenvalue weighted by Gasteiger charge is -2.45. The van der Waals surface area contributed by atoms with Gasteiger partial charge in [0.15, 0.2) is 5.41 Å². The summed E-state index contributed by atoms with van der Waals surface area (Å²) in [5.74, 6) is 0. The standard InChI is InChI=1S/C8H20S2Si3/c1-11(2,3)13(12(4,5)6)9-7-8-10-13/h7-8H,1-6H3. The topological polar surface area (TPSA) is 0 Å². The lowest BCUT2D eigenvalue weighted by molar-refractivity contribution is 1.81. The predicted octanol–water partition coefficient (Wildman–Crippen LogP) is 4.21. The smallest absolute Gasteiger partial charge is 0.151 e. The molecular formula is C8H20S2Si3. The second kappa shape index (κ2) is 3.59. The zero-order valence-corrected chi connectivity index (χ0v) is 14.1. The van der Waals surface area contributed by atoms with Gasteiger partial charge in [0.25, 0.3) is 0 Å². The van der Waals surface area contributed by atoms with Crippen molar-refractivity contribution in [1.82, 2.24) is 0 Å². The number of hydrogen-bond donors (Lipinski definition) is 0. The fraction of sp³-hybridized carbons (Fsp3) is 0.750. The fourth-order valence-corrected chi connectivity index (χ4v) is 56.9. The van der Waals surface area contributed by atoms with Gasteiger partial charge < -0.3 is 0 Å². The molecule has 0 amide bonds. The minimum absolute atomic E-state index is 0.946. The maximum atomic E-state index is 2.57. The van der Waals surface area contributed by atoms with Crippen molar-refractivity contribution in [2.45, 2.75) is 39.3 Å². The summed E-state index contributed by atoms with van der Waals surface area (Å²) in [5, 5.41) is 3.70. The highest BCUT2D eigenvalue weighted by Gasteiger charge is 2.57. The van der Waals surface area contributed by atoms with E-state index in [1.165, 1.54) is 0 Å². The molecule has 1 heterocycles. The lowest BCUT2D eigenvalue weighted by Crippen LogP contribution is -2.66. The summed E-state index contributed by atoms with van der Waals surface area (Å²) in [6.07, 6.45) is 0. The van der Waals surface area contributed by atoms with Crippen LogP contribution in [0.25, 0.3) is 0 Å². The third kappa shape index (κ3) is 2.04. The van der Waals surface area contributed by atoms with Crippen LogP contribution in [0.2, 0.25) is 39.3 Å². The van der Waals surface area contributed by atoms with Gasteiger partial charge in [0.05, 0.1) is 15.2 Å². The molecule has 13 heavy (non-hydrogen) atoms. The third-order valence-electron chi connectivity index (χ3n) is 2.50. The second-order valence-electron chi connectivity index (χ2n) is 5.62. The van der Waals surface area contributed by atoms with Crippen molar-refractivity contribution in [2.75, 3.05) is 0 Å². The molecule has 0 aromatic heterocycles. The van der Waals surface area contributed by atoms with Gasteiger partial charge in [0, 0.05) is 0 Å². The van der Waals surface area contributed by atoms with Gasteiger partial charge in [-0.25, -0.2) is 0 Å². The van der Waals surface area contributed by atoms with Crippen LogP contribution in [0.1, 0.15) is 0 Å². The summed E-state index contributed by atoms with van der Waals surface area (Å²) in [6, 6.07) is 0.